The summed E-state index contributed by atoms with van der Waals surface area (Å²) in [6.45, 7) is 3.78. The summed E-state index contributed by atoms with van der Waals surface area (Å²) in [5.74, 6) is -2.36. The monoisotopic (exact) mass is 523 g/mol. The standard InChI is InChI=1S/C22H29F4N3O5S/c1-12(2)8-19(28(3)21(31)32)20(30)27-18-7-4-13-10-29(11-15(13)18)35(33,34)14-5-6-17(23)16(9-14)22(24,25)26/h5-6,9,12-13,15,18-19H,4,7-8,10-11H2,1-3H3,(H,27,30)(H,31,32)/t13-,15+,18+,19-/m0/s1. The highest BCUT2D eigenvalue weighted by Crippen LogP contribution is 2.41. The quantitative estimate of drug-likeness (QED) is 0.533. The Morgan fingerprint density at radius 1 is 1.23 bits per heavy atom. The number of fused-ring (bicyclic) bond motifs is 1. The van der Waals surface area contributed by atoms with Crippen molar-refractivity contribution in [3.8, 4) is 0 Å². The Morgan fingerprint density at radius 2 is 1.89 bits per heavy atom. The van der Waals surface area contributed by atoms with Crippen molar-refractivity contribution in [1.29, 1.82) is 0 Å². The molecule has 1 aliphatic carbocycles. The van der Waals surface area contributed by atoms with Crippen molar-refractivity contribution < 1.29 is 40.7 Å². The molecule has 2 fully saturated rings. The van der Waals surface area contributed by atoms with Gasteiger partial charge in [-0.2, -0.15) is 17.5 Å². The lowest BCUT2D eigenvalue weighted by atomic mass is 9.96. The van der Waals surface area contributed by atoms with Crippen molar-refractivity contribution in [2.75, 3.05) is 20.1 Å². The van der Waals surface area contributed by atoms with Crippen LogP contribution in [0.5, 0.6) is 0 Å². The Bertz CT molecular complexity index is 1080. The van der Waals surface area contributed by atoms with Gasteiger partial charge in [0.05, 0.1) is 10.5 Å². The fourth-order valence-electron chi connectivity index (χ4n) is 4.93. The molecule has 8 nitrogen and oxygen atoms in total. The summed E-state index contributed by atoms with van der Waals surface area (Å²) in [5, 5.41) is 12.2. The van der Waals surface area contributed by atoms with Gasteiger partial charge in [0.25, 0.3) is 0 Å². The van der Waals surface area contributed by atoms with Gasteiger partial charge in [0.2, 0.25) is 15.9 Å². The van der Waals surface area contributed by atoms with Crippen LogP contribution in [0.2, 0.25) is 0 Å². The summed E-state index contributed by atoms with van der Waals surface area (Å²) in [5.41, 5.74) is -1.65. The maximum absolute atomic E-state index is 13.6. The van der Waals surface area contributed by atoms with Gasteiger partial charge < -0.3 is 10.4 Å². The van der Waals surface area contributed by atoms with E-state index in [1.165, 1.54) is 7.05 Å². The second-order valence-corrected chi connectivity index (χ2v) is 11.6. The van der Waals surface area contributed by atoms with E-state index >= 15 is 0 Å². The average Bonchev–Trinajstić information content (AvgIpc) is 3.33. The van der Waals surface area contributed by atoms with Gasteiger partial charge in [-0.1, -0.05) is 13.8 Å². The minimum absolute atomic E-state index is 0.0136. The molecule has 1 aromatic carbocycles. The summed E-state index contributed by atoms with van der Waals surface area (Å²) in [4.78, 5) is 24.7. The smallest absolute Gasteiger partial charge is 0.419 e. The molecule has 2 amide bonds. The third-order valence-corrected chi connectivity index (χ3v) is 8.63. The number of halogens is 4. The number of rotatable bonds is 7. The molecule has 0 spiro atoms. The van der Waals surface area contributed by atoms with Crippen molar-refractivity contribution in [3.05, 3.63) is 29.6 Å². The van der Waals surface area contributed by atoms with E-state index in [9.17, 15) is 40.7 Å². The predicted octanol–water partition coefficient (Wildman–Crippen LogP) is 3.38. The van der Waals surface area contributed by atoms with Crippen LogP contribution in [-0.2, 0) is 21.0 Å². The van der Waals surface area contributed by atoms with Crippen LogP contribution in [0.4, 0.5) is 22.4 Å². The third-order valence-electron chi connectivity index (χ3n) is 6.80. The van der Waals surface area contributed by atoms with E-state index in [0.29, 0.717) is 31.4 Å². The summed E-state index contributed by atoms with van der Waals surface area (Å²) in [6, 6.07) is 0.293. The lowest BCUT2D eigenvalue weighted by molar-refractivity contribution is -0.140. The van der Waals surface area contributed by atoms with E-state index in [1.807, 2.05) is 13.8 Å². The summed E-state index contributed by atoms with van der Waals surface area (Å²) in [6.07, 6.45) is -4.80. The van der Waals surface area contributed by atoms with Crippen molar-refractivity contribution in [2.45, 2.75) is 56.3 Å². The van der Waals surface area contributed by atoms with E-state index in [2.05, 4.69) is 5.32 Å². The molecule has 13 heteroatoms. The van der Waals surface area contributed by atoms with Gasteiger partial charge in [-0.05, 0) is 55.2 Å². The van der Waals surface area contributed by atoms with Crippen molar-refractivity contribution in [2.24, 2.45) is 17.8 Å². The predicted molar refractivity (Wildman–Crippen MR) is 117 cm³/mol. The van der Waals surface area contributed by atoms with E-state index in [-0.39, 0.29) is 30.8 Å². The maximum Gasteiger partial charge on any atom is 0.419 e. The second-order valence-electron chi connectivity index (χ2n) is 9.62. The van der Waals surface area contributed by atoms with Crippen molar-refractivity contribution in [1.82, 2.24) is 14.5 Å². The summed E-state index contributed by atoms with van der Waals surface area (Å²) in [7, 11) is -3.01. The lowest BCUT2D eigenvalue weighted by Crippen LogP contribution is -2.51. The molecular weight excluding hydrogens is 494 g/mol. The molecule has 4 atom stereocenters. The molecule has 35 heavy (non-hydrogen) atoms. The van der Waals surface area contributed by atoms with Gasteiger partial charge in [0.15, 0.2) is 0 Å². The number of amides is 2. The number of alkyl halides is 3. The Kier molecular flexibility index (Phi) is 7.70. The first kappa shape index (κ1) is 27.2. The number of benzene rings is 1. The van der Waals surface area contributed by atoms with Gasteiger partial charge in [-0.15, -0.1) is 0 Å². The SMILES string of the molecule is CC(C)C[C@@H](C(=O)N[C@@H]1CC[C@H]2CN(S(=O)(=O)c3ccc(F)c(C(F)(F)F)c3)C[C@H]21)N(C)C(=O)O. The first-order chi connectivity index (χ1) is 16.1. The van der Waals surface area contributed by atoms with Gasteiger partial charge in [0, 0.05) is 26.2 Å². The Morgan fingerprint density at radius 3 is 2.46 bits per heavy atom. The van der Waals surface area contributed by atoms with Gasteiger partial charge >= 0.3 is 12.3 Å². The normalized spacial score (nSPS) is 23.8. The number of likely N-dealkylation sites (N-methyl/N-ethyl adjacent to an activating group) is 1. The fraction of sp³-hybridized carbons (Fsp3) is 0.636. The van der Waals surface area contributed by atoms with Crippen LogP contribution in [0.1, 0.15) is 38.7 Å². The first-order valence-corrected chi connectivity index (χ1v) is 12.7. The molecule has 196 valence electrons. The van der Waals surface area contributed by atoms with Crippen LogP contribution in [0.15, 0.2) is 23.1 Å². The Hall–Kier alpha value is -2.41. The highest BCUT2D eigenvalue weighted by Gasteiger charge is 2.47. The molecule has 0 bridgehead atoms. The zero-order valence-corrected chi connectivity index (χ0v) is 20.4. The number of sulfonamides is 1. The Labute approximate surface area is 201 Å². The lowest BCUT2D eigenvalue weighted by Gasteiger charge is -2.29. The molecule has 1 aliphatic heterocycles. The van der Waals surface area contributed by atoms with Crippen LogP contribution in [0.25, 0.3) is 0 Å². The average molecular weight is 524 g/mol. The zero-order valence-electron chi connectivity index (χ0n) is 19.5. The summed E-state index contributed by atoms with van der Waals surface area (Å²) >= 11 is 0. The number of nitrogens with one attached hydrogen (secondary N) is 1. The molecule has 2 N–H and O–H groups in total. The van der Waals surface area contributed by atoms with Gasteiger partial charge in [0.1, 0.15) is 11.9 Å². The number of carboxylic acid groups (broad SMARTS) is 1. The topological polar surface area (TPSA) is 107 Å². The Balaban J connectivity index is 1.76. The molecular formula is C22H29F4N3O5S. The zero-order chi connectivity index (χ0) is 26.3. The number of nitrogens with zero attached hydrogens (tertiary/aromatic N) is 2. The van der Waals surface area contributed by atoms with Crippen LogP contribution >= 0.6 is 0 Å². The fourth-order valence-corrected chi connectivity index (χ4v) is 6.49. The minimum Gasteiger partial charge on any atom is -0.465 e. The van der Waals surface area contributed by atoms with E-state index in [1.54, 1.807) is 0 Å². The molecule has 1 saturated carbocycles. The minimum atomic E-state index is -5.04. The molecule has 0 unspecified atom stereocenters. The first-order valence-electron chi connectivity index (χ1n) is 11.3. The molecule has 2 aliphatic rings. The number of hydrogen-bond donors (Lipinski definition) is 2. The molecule has 0 aromatic heterocycles. The van der Waals surface area contributed by atoms with E-state index < -0.39 is 56.6 Å². The largest absolute Gasteiger partial charge is 0.465 e. The van der Waals surface area contributed by atoms with Crippen LogP contribution in [0.3, 0.4) is 0 Å². The molecule has 1 aromatic rings. The van der Waals surface area contributed by atoms with Gasteiger partial charge in [-0.25, -0.2) is 17.6 Å². The highest BCUT2D eigenvalue weighted by molar-refractivity contribution is 7.89. The molecule has 1 saturated heterocycles. The number of hydrogen-bond acceptors (Lipinski definition) is 4. The molecule has 3 rings (SSSR count). The molecule has 1 heterocycles. The van der Waals surface area contributed by atoms with Crippen LogP contribution in [0, 0.1) is 23.6 Å². The maximum atomic E-state index is 13.6. The summed E-state index contributed by atoms with van der Waals surface area (Å²) < 4.78 is 80.0. The van der Waals surface area contributed by atoms with E-state index in [0.717, 1.165) is 15.3 Å². The van der Waals surface area contributed by atoms with Crippen LogP contribution in [-0.4, -0.2) is 67.0 Å². The number of carbonyl (C=O) groups excluding carboxylic acids is 1. The molecule has 0 radical (unpaired) electrons. The van der Waals surface area contributed by atoms with Crippen molar-refractivity contribution >= 4 is 22.0 Å². The van der Waals surface area contributed by atoms with Crippen LogP contribution < -0.4 is 5.32 Å². The second kappa shape index (κ2) is 9.92. The van der Waals surface area contributed by atoms with Crippen molar-refractivity contribution in [3.63, 3.8) is 0 Å². The third kappa shape index (κ3) is 5.71. The highest BCUT2D eigenvalue weighted by atomic mass is 32.2. The van der Waals surface area contributed by atoms with Gasteiger partial charge in [-0.3, -0.25) is 9.69 Å². The van der Waals surface area contributed by atoms with E-state index in [4.69, 9.17) is 0 Å². The number of carbonyl (C=O) groups is 2.